The molecule has 2 rings (SSSR count). The fraction of sp³-hybridized carbons (Fsp3) is 0.600. The molecule has 0 radical (unpaired) electrons. The Labute approximate surface area is 150 Å². The minimum Gasteiger partial charge on any atom is -0.396 e. The van der Waals surface area contributed by atoms with E-state index in [1.54, 1.807) is 0 Å². The Balaban J connectivity index is 1.92. The number of nitrogens with one attached hydrogen (secondary N) is 2. The number of hydrogen-bond donors (Lipinski definition) is 3. The summed E-state index contributed by atoms with van der Waals surface area (Å²) in [5, 5.41) is 14.8. The Hall–Kier alpha value is -1.88. The van der Waals surface area contributed by atoms with E-state index in [-0.39, 0.29) is 12.0 Å². The standard InChI is InChI=1S/C20H30N2O3/c1-3-16-13-17(8-7-15(16)2)22-19(25)18(24)21-14-20(11-12-23)9-5-4-6-10-20/h7-8,13,23H,3-6,9-12,14H2,1-2H3,(H,21,24)(H,22,25). The summed E-state index contributed by atoms with van der Waals surface area (Å²) in [5.41, 5.74) is 2.91. The number of amides is 2. The molecule has 0 aliphatic heterocycles. The number of aryl methyl sites for hydroxylation is 2. The third kappa shape index (κ3) is 5.30. The van der Waals surface area contributed by atoms with Gasteiger partial charge in [-0.3, -0.25) is 9.59 Å². The van der Waals surface area contributed by atoms with Crippen LogP contribution in [0.4, 0.5) is 5.69 Å². The highest BCUT2D eigenvalue weighted by Gasteiger charge is 2.32. The van der Waals surface area contributed by atoms with Gasteiger partial charge in [0.2, 0.25) is 0 Å². The number of hydrogen-bond acceptors (Lipinski definition) is 3. The van der Waals surface area contributed by atoms with Gasteiger partial charge in [0.05, 0.1) is 0 Å². The highest BCUT2D eigenvalue weighted by Crippen LogP contribution is 2.38. The molecule has 1 aliphatic carbocycles. The van der Waals surface area contributed by atoms with E-state index in [9.17, 15) is 14.7 Å². The summed E-state index contributed by atoms with van der Waals surface area (Å²) in [5.74, 6) is -1.25. The molecule has 25 heavy (non-hydrogen) atoms. The molecule has 0 saturated heterocycles. The molecule has 5 nitrogen and oxygen atoms in total. The lowest BCUT2D eigenvalue weighted by Gasteiger charge is -2.37. The van der Waals surface area contributed by atoms with Gasteiger partial charge in [-0.25, -0.2) is 0 Å². The summed E-state index contributed by atoms with van der Waals surface area (Å²) in [4.78, 5) is 24.3. The Morgan fingerprint density at radius 1 is 1.16 bits per heavy atom. The van der Waals surface area contributed by atoms with Crippen LogP contribution in [0.5, 0.6) is 0 Å². The SMILES string of the molecule is CCc1cc(NC(=O)C(=O)NCC2(CCO)CCCCC2)ccc1C. The van der Waals surface area contributed by atoms with Gasteiger partial charge in [0, 0.05) is 18.8 Å². The van der Waals surface area contributed by atoms with Crippen LogP contribution in [-0.2, 0) is 16.0 Å². The minimum absolute atomic E-state index is 0.0673. The first kappa shape index (κ1) is 19.4. The lowest BCUT2D eigenvalue weighted by molar-refractivity contribution is -0.136. The van der Waals surface area contributed by atoms with Gasteiger partial charge in [0.1, 0.15) is 0 Å². The molecule has 1 aromatic carbocycles. The second kappa shape index (κ2) is 8.99. The Morgan fingerprint density at radius 2 is 1.88 bits per heavy atom. The quantitative estimate of drug-likeness (QED) is 0.693. The molecule has 5 heteroatoms. The largest absolute Gasteiger partial charge is 0.396 e. The number of anilines is 1. The van der Waals surface area contributed by atoms with Crippen molar-refractivity contribution in [3.63, 3.8) is 0 Å². The maximum Gasteiger partial charge on any atom is 0.313 e. The molecule has 1 fully saturated rings. The van der Waals surface area contributed by atoms with E-state index in [4.69, 9.17) is 0 Å². The zero-order valence-electron chi connectivity index (χ0n) is 15.4. The van der Waals surface area contributed by atoms with E-state index in [2.05, 4.69) is 17.6 Å². The maximum absolute atomic E-state index is 12.2. The van der Waals surface area contributed by atoms with E-state index in [1.165, 1.54) is 12.0 Å². The van der Waals surface area contributed by atoms with Crippen molar-refractivity contribution in [2.75, 3.05) is 18.5 Å². The molecular weight excluding hydrogens is 316 g/mol. The lowest BCUT2D eigenvalue weighted by Crippen LogP contribution is -2.43. The van der Waals surface area contributed by atoms with Crippen LogP contribution in [-0.4, -0.2) is 30.1 Å². The Kier molecular flexibility index (Phi) is 7.00. The lowest BCUT2D eigenvalue weighted by atomic mass is 9.72. The number of benzene rings is 1. The summed E-state index contributed by atoms with van der Waals surface area (Å²) >= 11 is 0. The van der Waals surface area contributed by atoms with Crippen molar-refractivity contribution in [3.05, 3.63) is 29.3 Å². The predicted molar refractivity (Wildman–Crippen MR) is 99.4 cm³/mol. The molecule has 0 bridgehead atoms. The van der Waals surface area contributed by atoms with Gasteiger partial charge < -0.3 is 15.7 Å². The molecule has 0 unspecified atom stereocenters. The predicted octanol–water partition coefficient (Wildman–Crippen LogP) is 2.95. The number of rotatable bonds is 6. The number of aliphatic hydroxyl groups excluding tert-OH is 1. The average Bonchev–Trinajstić information content (AvgIpc) is 2.62. The van der Waals surface area contributed by atoms with E-state index in [0.29, 0.717) is 18.7 Å². The highest BCUT2D eigenvalue weighted by atomic mass is 16.3. The second-order valence-electron chi connectivity index (χ2n) is 7.17. The van der Waals surface area contributed by atoms with E-state index < -0.39 is 11.8 Å². The molecule has 138 valence electrons. The van der Waals surface area contributed by atoms with Gasteiger partial charge in [0.15, 0.2) is 0 Å². The van der Waals surface area contributed by atoms with Crippen molar-refractivity contribution < 1.29 is 14.7 Å². The zero-order valence-corrected chi connectivity index (χ0v) is 15.4. The highest BCUT2D eigenvalue weighted by molar-refractivity contribution is 6.39. The minimum atomic E-state index is -0.638. The van der Waals surface area contributed by atoms with Gasteiger partial charge in [-0.05, 0) is 61.3 Å². The summed E-state index contributed by atoms with van der Waals surface area (Å²) in [7, 11) is 0. The summed E-state index contributed by atoms with van der Waals surface area (Å²) in [6, 6.07) is 5.67. The van der Waals surface area contributed by atoms with Gasteiger partial charge >= 0.3 is 11.8 Å². The first-order valence-corrected chi connectivity index (χ1v) is 9.29. The maximum atomic E-state index is 12.2. The van der Waals surface area contributed by atoms with Crippen molar-refractivity contribution in [1.29, 1.82) is 0 Å². The smallest absolute Gasteiger partial charge is 0.313 e. The van der Waals surface area contributed by atoms with Crippen molar-refractivity contribution in [3.8, 4) is 0 Å². The van der Waals surface area contributed by atoms with Crippen molar-refractivity contribution >= 4 is 17.5 Å². The van der Waals surface area contributed by atoms with E-state index >= 15 is 0 Å². The number of carbonyl (C=O) groups excluding carboxylic acids is 2. The van der Waals surface area contributed by atoms with Gasteiger partial charge in [-0.2, -0.15) is 0 Å². The van der Waals surface area contributed by atoms with Crippen LogP contribution in [0.25, 0.3) is 0 Å². The van der Waals surface area contributed by atoms with E-state index in [1.807, 2.05) is 25.1 Å². The van der Waals surface area contributed by atoms with Crippen LogP contribution in [0, 0.1) is 12.3 Å². The molecule has 2 amide bonds. The molecule has 1 aliphatic rings. The van der Waals surface area contributed by atoms with Crippen LogP contribution in [0.2, 0.25) is 0 Å². The zero-order chi connectivity index (χ0) is 18.3. The first-order valence-electron chi connectivity index (χ1n) is 9.29. The monoisotopic (exact) mass is 346 g/mol. The van der Waals surface area contributed by atoms with Gasteiger partial charge in [-0.15, -0.1) is 0 Å². The van der Waals surface area contributed by atoms with Crippen molar-refractivity contribution in [1.82, 2.24) is 5.32 Å². The van der Waals surface area contributed by atoms with Crippen LogP contribution < -0.4 is 10.6 Å². The summed E-state index contributed by atoms with van der Waals surface area (Å²) in [6.07, 6.45) is 6.98. The van der Waals surface area contributed by atoms with Crippen LogP contribution in [0.15, 0.2) is 18.2 Å². The third-order valence-corrected chi connectivity index (χ3v) is 5.37. The summed E-state index contributed by atoms with van der Waals surface area (Å²) in [6.45, 7) is 4.66. The second-order valence-corrected chi connectivity index (χ2v) is 7.17. The molecule has 1 aromatic rings. The van der Waals surface area contributed by atoms with E-state index in [0.717, 1.165) is 37.7 Å². The van der Waals surface area contributed by atoms with Crippen molar-refractivity contribution in [2.24, 2.45) is 5.41 Å². The summed E-state index contributed by atoms with van der Waals surface area (Å²) < 4.78 is 0. The topological polar surface area (TPSA) is 78.4 Å². The molecule has 0 heterocycles. The van der Waals surface area contributed by atoms with Crippen LogP contribution in [0.1, 0.15) is 56.6 Å². The fourth-order valence-corrected chi connectivity index (χ4v) is 3.72. The Bertz CT molecular complexity index is 601. The fourth-order valence-electron chi connectivity index (χ4n) is 3.72. The molecule has 0 spiro atoms. The molecular formula is C20H30N2O3. The van der Waals surface area contributed by atoms with Gasteiger partial charge in [-0.1, -0.05) is 32.3 Å². The first-order chi connectivity index (χ1) is 12.0. The third-order valence-electron chi connectivity index (χ3n) is 5.37. The molecule has 3 N–H and O–H groups in total. The molecule has 0 aromatic heterocycles. The number of aliphatic hydroxyl groups is 1. The average molecular weight is 346 g/mol. The van der Waals surface area contributed by atoms with Crippen LogP contribution in [0.3, 0.4) is 0 Å². The molecule has 0 atom stereocenters. The Morgan fingerprint density at radius 3 is 2.52 bits per heavy atom. The van der Waals surface area contributed by atoms with Crippen molar-refractivity contribution in [2.45, 2.75) is 58.8 Å². The van der Waals surface area contributed by atoms with Crippen LogP contribution >= 0.6 is 0 Å². The van der Waals surface area contributed by atoms with Gasteiger partial charge in [0.25, 0.3) is 0 Å². The number of carbonyl (C=O) groups is 2. The molecule has 1 saturated carbocycles. The normalized spacial score (nSPS) is 16.3.